The van der Waals surface area contributed by atoms with Gasteiger partial charge in [-0.3, -0.25) is 14.9 Å². The molecule has 3 rings (SSSR count). The molecule has 1 unspecified atom stereocenters. The van der Waals surface area contributed by atoms with Crippen LogP contribution in [0.15, 0.2) is 35.7 Å². The molecule has 114 valence electrons. The highest BCUT2D eigenvalue weighted by Crippen LogP contribution is 2.35. The lowest BCUT2D eigenvalue weighted by molar-refractivity contribution is -0.385. The van der Waals surface area contributed by atoms with Crippen LogP contribution in [-0.2, 0) is 0 Å². The smallest absolute Gasteiger partial charge is 0.272 e. The van der Waals surface area contributed by atoms with Crippen molar-refractivity contribution in [1.29, 1.82) is 0 Å². The second-order valence-electron chi connectivity index (χ2n) is 5.43. The second-order valence-corrected chi connectivity index (χ2v) is 6.41. The van der Waals surface area contributed by atoms with Crippen LogP contribution in [0, 0.1) is 17.0 Å². The van der Waals surface area contributed by atoms with Gasteiger partial charge in [0.05, 0.1) is 11.0 Å². The van der Waals surface area contributed by atoms with Gasteiger partial charge < -0.3 is 4.90 Å². The molecule has 1 saturated heterocycles. The third-order valence-electron chi connectivity index (χ3n) is 4.03. The first kappa shape index (κ1) is 14.7. The number of nitro benzene ring substituents is 1. The van der Waals surface area contributed by atoms with Crippen LogP contribution in [0.25, 0.3) is 0 Å². The van der Waals surface area contributed by atoms with Crippen molar-refractivity contribution >= 4 is 22.9 Å². The Bertz CT molecular complexity index is 712. The lowest BCUT2D eigenvalue weighted by atomic mass is 10.1. The van der Waals surface area contributed by atoms with Gasteiger partial charge in [-0.1, -0.05) is 6.07 Å². The van der Waals surface area contributed by atoms with Crippen LogP contribution in [0.1, 0.15) is 39.7 Å². The van der Waals surface area contributed by atoms with Gasteiger partial charge in [-0.2, -0.15) is 0 Å². The average Bonchev–Trinajstić information content (AvgIpc) is 3.16. The van der Waals surface area contributed by atoms with Gasteiger partial charge >= 0.3 is 0 Å². The van der Waals surface area contributed by atoms with Gasteiger partial charge in [-0.15, -0.1) is 11.3 Å². The molecule has 1 aliphatic rings. The summed E-state index contributed by atoms with van der Waals surface area (Å²) in [7, 11) is 0. The van der Waals surface area contributed by atoms with Crippen LogP contribution in [0.3, 0.4) is 0 Å². The average molecular weight is 316 g/mol. The van der Waals surface area contributed by atoms with Crippen molar-refractivity contribution in [3.8, 4) is 0 Å². The van der Waals surface area contributed by atoms with Crippen molar-refractivity contribution in [1.82, 2.24) is 4.90 Å². The monoisotopic (exact) mass is 316 g/mol. The van der Waals surface area contributed by atoms with Crippen LogP contribution in [-0.4, -0.2) is 22.3 Å². The van der Waals surface area contributed by atoms with E-state index in [9.17, 15) is 14.9 Å². The van der Waals surface area contributed by atoms with Crippen molar-refractivity contribution in [2.45, 2.75) is 25.8 Å². The zero-order chi connectivity index (χ0) is 15.7. The standard InChI is InChI=1S/C16H16N2O3S/c1-11-10-12(6-7-13(11)18(20)21)16(19)17-8-2-4-14(17)15-5-3-9-22-15/h3,5-7,9-10,14H,2,4,8H2,1H3. The van der Waals surface area contributed by atoms with E-state index in [4.69, 9.17) is 0 Å². The van der Waals surface area contributed by atoms with Gasteiger partial charge in [-0.25, -0.2) is 0 Å². The summed E-state index contributed by atoms with van der Waals surface area (Å²) in [5.74, 6) is -0.0473. The van der Waals surface area contributed by atoms with E-state index in [1.807, 2.05) is 16.3 Å². The van der Waals surface area contributed by atoms with E-state index in [2.05, 4.69) is 6.07 Å². The molecule has 0 spiro atoms. The van der Waals surface area contributed by atoms with Crippen LogP contribution in [0.2, 0.25) is 0 Å². The van der Waals surface area contributed by atoms with Crippen molar-refractivity contribution < 1.29 is 9.72 Å². The van der Waals surface area contributed by atoms with Gasteiger partial charge in [0, 0.05) is 28.6 Å². The normalized spacial score (nSPS) is 17.7. The highest BCUT2D eigenvalue weighted by atomic mass is 32.1. The molecule has 1 amide bonds. The third-order valence-corrected chi connectivity index (χ3v) is 5.00. The number of aryl methyl sites for hydroxylation is 1. The number of amides is 1. The molecule has 1 fully saturated rings. The van der Waals surface area contributed by atoms with Crippen LogP contribution in [0.5, 0.6) is 0 Å². The molecule has 5 nitrogen and oxygen atoms in total. The number of hydrogen-bond donors (Lipinski definition) is 0. The second kappa shape index (κ2) is 5.88. The Morgan fingerprint density at radius 3 is 2.86 bits per heavy atom. The lowest BCUT2D eigenvalue weighted by Gasteiger charge is -2.24. The zero-order valence-electron chi connectivity index (χ0n) is 12.2. The van der Waals surface area contributed by atoms with Crippen molar-refractivity contribution in [3.63, 3.8) is 0 Å². The molecule has 1 aromatic carbocycles. The number of likely N-dealkylation sites (tertiary alicyclic amines) is 1. The first-order valence-corrected chi connectivity index (χ1v) is 8.05. The Labute approximate surface area is 132 Å². The number of benzene rings is 1. The number of carbonyl (C=O) groups is 1. The van der Waals surface area contributed by atoms with E-state index in [1.54, 1.807) is 30.4 Å². The highest BCUT2D eigenvalue weighted by Gasteiger charge is 2.31. The molecule has 6 heteroatoms. The maximum atomic E-state index is 12.7. The van der Waals surface area contributed by atoms with Gasteiger partial charge in [-0.05, 0) is 43.3 Å². The van der Waals surface area contributed by atoms with E-state index in [0.717, 1.165) is 19.4 Å². The molecule has 0 radical (unpaired) electrons. The summed E-state index contributed by atoms with van der Waals surface area (Å²) in [4.78, 5) is 26.3. The minimum Gasteiger partial charge on any atom is -0.331 e. The number of nitro groups is 1. The summed E-state index contributed by atoms with van der Waals surface area (Å²) < 4.78 is 0. The predicted octanol–water partition coefficient (Wildman–Crippen LogP) is 3.94. The fraction of sp³-hybridized carbons (Fsp3) is 0.312. The SMILES string of the molecule is Cc1cc(C(=O)N2CCCC2c2cccs2)ccc1[N+](=O)[O-]. The summed E-state index contributed by atoms with van der Waals surface area (Å²) in [5.41, 5.74) is 1.09. The Hall–Kier alpha value is -2.21. The maximum Gasteiger partial charge on any atom is 0.272 e. The number of hydrogen-bond acceptors (Lipinski definition) is 4. The van der Waals surface area contributed by atoms with E-state index in [1.165, 1.54) is 10.9 Å². The summed E-state index contributed by atoms with van der Waals surface area (Å²) in [6, 6.07) is 8.77. The van der Waals surface area contributed by atoms with E-state index in [-0.39, 0.29) is 17.6 Å². The van der Waals surface area contributed by atoms with Gasteiger partial charge in [0.1, 0.15) is 0 Å². The molecule has 0 aliphatic carbocycles. The molecule has 1 aromatic heterocycles. The third kappa shape index (κ3) is 2.62. The highest BCUT2D eigenvalue weighted by molar-refractivity contribution is 7.10. The summed E-state index contributed by atoms with van der Waals surface area (Å²) >= 11 is 1.66. The molecule has 0 saturated carbocycles. The topological polar surface area (TPSA) is 63.5 Å². The Kier molecular flexibility index (Phi) is 3.94. The molecule has 0 N–H and O–H groups in total. The van der Waals surface area contributed by atoms with Crippen LogP contribution in [0.4, 0.5) is 5.69 Å². The molecule has 1 aliphatic heterocycles. The van der Waals surface area contributed by atoms with Gasteiger partial charge in [0.25, 0.3) is 11.6 Å². The Morgan fingerprint density at radius 2 is 2.23 bits per heavy atom. The first-order chi connectivity index (χ1) is 10.6. The molecule has 1 atom stereocenters. The quantitative estimate of drug-likeness (QED) is 0.636. The number of carbonyl (C=O) groups excluding carboxylic acids is 1. The Morgan fingerprint density at radius 1 is 1.41 bits per heavy atom. The maximum absolute atomic E-state index is 12.7. The Balaban J connectivity index is 1.87. The van der Waals surface area contributed by atoms with Crippen LogP contribution >= 0.6 is 11.3 Å². The summed E-state index contributed by atoms with van der Waals surface area (Å²) in [6.07, 6.45) is 1.96. The molecule has 0 bridgehead atoms. The van der Waals surface area contributed by atoms with E-state index in [0.29, 0.717) is 11.1 Å². The van der Waals surface area contributed by atoms with Crippen molar-refractivity contribution in [2.24, 2.45) is 0 Å². The fourth-order valence-electron chi connectivity index (χ4n) is 2.95. The van der Waals surface area contributed by atoms with Crippen molar-refractivity contribution in [2.75, 3.05) is 6.54 Å². The molecule has 2 heterocycles. The zero-order valence-corrected chi connectivity index (χ0v) is 13.0. The number of rotatable bonds is 3. The predicted molar refractivity (Wildman–Crippen MR) is 85.2 cm³/mol. The summed E-state index contributed by atoms with van der Waals surface area (Å²) in [5, 5.41) is 12.9. The van der Waals surface area contributed by atoms with E-state index >= 15 is 0 Å². The minimum atomic E-state index is -0.423. The number of thiophene rings is 1. The first-order valence-electron chi connectivity index (χ1n) is 7.17. The van der Waals surface area contributed by atoms with Gasteiger partial charge in [0.2, 0.25) is 0 Å². The summed E-state index contributed by atoms with van der Waals surface area (Å²) in [6.45, 7) is 2.40. The lowest BCUT2D eigenvalue weighted by Crippen LogP contribution is -2.30. The largest absolute Gasteiger partial charge is 0.331 e. The molecular formula is C16H16N2O3S. The van der Waals surface area contributed by atoms with Gasteiger partial charge in [0.15, 0.2) is 0 Å². The number of nitrogens with zero attached hydrogens (tertiary/aromatic N) is 2. The molecular weight excluding hydrogens is 300 g/mol. The minimum absolute atomic E-state index is 0.0473. The van der Waals surface area contributed by atoms with Crippen molar-refractivity contribution in [3.05, 3.63) is 61.8 Å². The molecule has 22 heavy (non-hydrogen) atoms. The van der Waals surface area contributed by atoms with E-state index < -0.39 is 4.92 Å². The molecule has 2 aromatic rings. The fourth-order valence-corrected chi connectivity index (χ4v) is 3.82. The van der Waals surface area contributed by atoms with Crippen LogP contribution < -0.4 is 0 Å².